The molecule has 0 aliphatic heterocycles. The van der Waals surface area contributed by atoms with Gasteiger partial charge in [-0.3, -0.25) is 4.79 Å². The van der Waals surface area contributed by atoms with Gasteiger partial charge >= 0.3 is 0 Å². The number of phenols is 1. The van der Waals surface area contributed by atoms with Crippen molar-refractivity contribution >= 4 is 5.91 Å². The Kier molecular flexibility index (Phi) is 3.37. The Morgan fingerprint density at radius 1 is 1.26 bits per heavy atom. The molecule has 0 radical (unpaired) electrons. The van der Waals surface area contributed by atoms with E-state index < -0.39 is 11.7 Å². The molecule has 19 heavy (non-hydrogen) atoms. The predicted octanol–water partition coefficient (Wildman–Crippen LogP) is 2.31. The zero-order valence-electron chi connectivity index (χ0n) is 10.2. The number of carbonyl (C=O) groups excluding carboxylic acids is 1. The van der Waals surface area contributed by atoms with Crippen LogP contribution in [-0.2, 0) is 0 Å². The van der Waals surface area contributed by atoms with Gasteiger partial charge < -0.3 is 15.6 Å². The Morgan fingerprint density at radius 3 is 2.58 bits per heavy atom. The van der Waals surface area contributed by atoms with E-state index in [0.29, 0.717) is 11.3 Å². The number of carbonyl (C=O) groups is 1. The first-order valence-electron chi connectivity index (χ1n) is 5.49. The third-order valence-electron chi connectivity index (χ3n) is 2.69. The van der Waals surface area contributed by atoms with Gasteiger partial charge in [0.25, 0.3) is 0 Å². The normalized spacial score (nSPS) is 10.2. The molecule has 0 aliphatic carbocycles. The molecular weight excluding hydrogens is 249 g/mol. The summed E-state index contributed by atoms with van der Waals surface area (Å²) in [5.74, 6) is -0.968. The Morgan fingerprint density at radius 2 is 2.00 bits per heavy atom. The lowest BCUT2D eigenvalue weighted by molar-refractivity contribution is 0.1000. The molecule has 1 amide bonds. The monoisotopic (exact) mass is 261 g/mol. The van der Waals surface area contributed by atoms with E-state index in [1.165, 1.54) is 37.4 Å². The molecule has 98 valence electrons. The number of phenolic OH excluding ortho intramolecular Hbond substituents is 1. The van der Waals surface area contributed by atoms with E-state index in [1.54, 1.807) is 6.07 Å². The summed E-state index contributed by atoms with van der Waals surface area (Å²) in [5.41, 5.74) is 5.88. The van der Waals surface area contributed by atoms with E-state index in [0.717, 1.165) is 0 Å². The summed E-state index contributed by atoms with van der Waals surface area (Å²) < 4.78 is 18.8. The van der Waals surface area contributed by atoms with Crippen LogP contribution in [0.2, 0.25) is 0 Å². The Bertz CT molecular complexity index is 641. The van der Waals surface area contributed by atoms with E-state index in [-0.39, 0.29) is 16.9 Å². The number of ether oxygens (including phenoxy) is 1. The van der Waals surface area contributed by atoms with Crippen molar-refractivity contribution in [1.82, 2.24) is 0 Å². The van der Waals surface area contributed by atoms with Gasteiger partial charge in [-0.2, -0.15) is 0 Å². The highest BCUT2D eigenvalue weighted by molar-refractivity contribution is 5.94. The number of hydrogen-bond acceptors (Lipinski definition) is 3. The first kappa shape index (κ1) is 12.9. The summed E-state index contributed by atoms with van der Waals surface area (Å²) in [7, 11) is 1.44. The maximum atomic E-state index is 13.9. The smallest absolute Gasteiger partial charge is 0.248 e. The third kappa shape index (κ3) is 2.65. The van der Waals surface area contributed by atoms with Gasteiger partial charge in [0.1, 0.15) is 17.3 Å². The first-order chi connectivity index (χ1) is 9.01. The highest BCUT2D eigenvalue weighted by Crippen LogP contribution is 2.29. The van der Waals surface area contributed by atoms with Crippen LogP contribution in [0.15, 0.2) is 36.4 Å². The molecule has 2 rings (SSSR count). The lowest BCUT2D eigenvalue weighted by atomic mass is 10.0. The molecule has 0 fully saturated rings. The van der Waals surface area contributed by atoms with Crippen LogP contribution in [0.5, 0.6) is 11.5 Å². The Hall–Kier alpha value is -2.56. The van der Waals surface area contributed by atoms with Crippen LogP contribution < -0.4 is 10.5 Å². The standard InChI is InChI=1S/C14H12FNO3/c1-19-11-2-3-12(13(15)7-11)8-4-9(14(16)18)6-10(17)5-8/h2-7,17H,1H3,(H2,16,18). The number of aromatic hydroxyl groups is 1. The number of methoxy groups -OCH3 is 1. The van der Waals surface area contributed by atoms with Gasteiger partial charge in [0, 0.05) is 17.2 Å². The van der Waals surface area contributed by atoms with E-state index in [2.05, 4.69) is 0 Å². The lowest BCUT2D eigenvalue weighted by Crippen LogP contribution is -2.10. The fourth-order valence-electron chi connectivity index (χ4n) is 1.77. The SMILES string of the molecule is COc1ccc(-c2cc(O)cc(C(N)=O)c2)c(F)c1. The predicted molar refractivity (Wildman–Crippen MR) is 68.6 cm³/mol. The summed E-state index contributed by atoms with van der Waals surface area (Å²) >= 11 is 0. The van der Waals surface area contributed by atoms with Crippen molar-refractivity contribution in [3.63, 3.8) is 0 Å². The summed E-state index contributed by atoms with van der Waals surface area (Å²) in [5, 5.41) is 9.54. The molecule has 0 bridgehead atoms. The highest BCUT2D eigenvalue weighted by atomic mass is 19.1. The van der Waals surface area contributed by atoms with Gasteiger partial charge in [-0.15, -0.1) is 0 Å². The summed E-state index contributed by atoms with van der Waals surface area (Å²) in [6.45, 7) is 0. The van der Waals surface area contributed by atoms with Crippen LogP contribution in [0.1, 0.15) is 10.4 Å². The second-order valence-electron chi connectivity index (χ2n) is 3.98. The number of hydrogen-bond donors (Lipinski definition) is 2. The van der Waals surface area contributed by atoms with Gasteiger partial charge in [0.15, 0.2) is 0 Å². The van der Waals surface area contributed by atoms with E-state index in [1.807, 2.05) is 0 Å². The molecule has 0 saturated heterocycles. The van der Waals surface area contributed by atoms with Crippen LogP contribution in [0, 0.1) is 5.82 Å². The van der Waals surface area contributed by atoms with Crippen molar-refractivity contribution in [2.45, 2.75) is 0 Å². The Balaban J connectivity index is 2.55. The molecule has 0 spiro atoms. The van der Waals surface area contributed by atoms with Gasteiger partial charge in [-0.05, 0) is 35.9 Å². The molecule has 0 saturated carbocycles. The van der Waals surface area contributed by atoms with Crippen LogP contribution in [0.4, 0.5) is 4.39 Å². The van der Waals surface area contributed by atoms with Crippen molar-refractivity contribution < 1.29 is 19.0 Å². The fourth-order valence-corrected chi connectivity index (χ4v) is 1.77. The van der Waals surface area contributed by atoms with Gasteiger partial charge in [-0.25, -0.2) is 4.39 Å². The quantitative estimate of drug-likeness (QED) is 0.890. The largest absolute Gasteiger partial charge is 0.508 e. The van der Waals surface area contributed by atoms with Crippen LogP contribution in [-0.4, -0.2) is 18.1 Å². The maximum absolute atomic E-state index is 13.9. The minimum absolute atomic E-state index is 0.116. The van der Waals surface area contributed by atoms with Crippen molar-refractivity contribution in [1.29, 1.82) is 0 Å². The van der Waals surface area contributed by atoms with E-state index >= 15 is 0 Å². The molecule has 0 heterocycles. The number of rotatable bonds is 3. The topological polar surface area (TPSA) is 72.6 Å². The number of halogens is 1. The minimum atomic E-state index is -0.689. The van der Waals surface area contributed by atoms with Crippen molar-refractivity contribution in [3.8, 4) is 22.6 Å². The number of amides is 1. The molecule has 4 nitrogen and oxygen atoms in total. The molecule has 2 aromatic rings. The van der Waals surface area contributed by atoms with Gasteiger partial charge in [0.05, 0.1) is 7.11 Å². The molecule has 5 heteroatoms. The summed E-state index contributed by atoms with van der Waals surface area (Å²) in [6.07, 6.45) is 0. The number of nitrogens with two attached hydrogens (primary N) is 1. The van der Waals surface area contributed by atoms with Crippen molar-refractivity contribution in [3.05, 3.63) is 47.8 Å². The summed E-state index contributed by atoms with van der Waals surface area (Å²) in [6, 6.07) is 8.33. The molecule has 0 unspecified atom stereocenters. The minimum Gasteiger partial charge on any atom is -0.508 e. The number of primary amides is 1. The van der Waals surface area contributed by atoms with Crippen molar-refractivity contribution in [2.75, 3.05) is 7.11 Å². The Labute approximate surface area is 109 Å². The maximum Gasteiger partial charge on any atom is 0.248 e. The van der Waals surface area contributed by atoms with Crippen LogP contribution in [0.25, 0.3) is 11.1 Å². The van der Waals surface area contributed by atoms with Crippen LogP contribution >= 0.6 is 0 Å². The van der Waals surface area contributed by atoms with E-state index in [4.69, 9.17) is 10.5 Å². The molecule has 0 aliphatic rings. The molecule has 2 aromatic carbocycles. The van der Waals surface area contributed by atoms with Gasteiger partial charge in [0.2, 0.25) is 5.91 Å². The van der Waals surface area contributed by atoms with Crippen molar-refractivity contribution in [2.24, 2.45) is 5.73 Å². The molecular formula is C14H12FNO3. The molecule has 0 atom stereocenters. The summed E-state index contributed by atoms with van der Waals surface area (Å²) in [4.78, 5) is 11.1. The van der Waals surface area contributed by atoms with Gasteiger partial charge in [-0.1, -0.05) is 0 Å². The molecule has 3 N–H and O–H groups in total. The molecule has 0 aromatic heterocycles. The van der Waals surface area contributed by atoms with Crippen LogP contribution in [0.3, 0.4) is 0 Å². The number of benzene rings is 2. The third-order valence-corrected chi connectivity index (χ3v) is 2.69. The second-order valence-corrected chi connectivity index (χ2v) is 3.98. The zero-order valence-corrected chi connectivity index (χ0v) is 10.2. The fraction of sp³-hybridized carbons (Fsp3) is 0.0714. The average Bonchev–Trinajstić information content (AvgIpc) is 2.37. The average molecular weight is 261 g/mol. The zero-order chi connectivity index (χ0) is 14.0. The first-order valence-corrected chi connectivity index (χ1v) is 5.49. The lowest BCUT2D eigenvalue weighted by Gasteiger charge is -2.08. The van der Waals surface area contributed by atoms with E-state index in [9.17, 15) is 14.3 Å². The second kappa shape index (κ2) is 4.97. The highest BCUT2D eigenvalue weighted by Gasteiger charge is 2.11.